The van der Waals surface area contributed by atoms with Crippen molar-refractivity contribution in [2.75, 3.05) is 5.32 Å². The predicted octanol–water partition coefficient (Wildman–Crippen LogP) is 3.52. The molecule has 0 unspecified atom stereocenters. The molecule has 0 aliphatic heterocycles. The third-order valence-electron chi connectivity index (χ3n) is 3.70. The van der Waals surface area contributed by atoms with Crippen LogP contribution in [0.3, 0.4) is 0 Å². The molecule has 0 aliphatic carbocycles. The monoisotopic (exact) mass is 338 g/mol. The van der Waals surface area contributed by atoms with Gasteiger partial charge in [0.25, 0.3) is 0 Å². The van der Waals surface area contributed by atoms with Gasteiger partial charge in [-0.2, -0.15) is 13.9 Å². The van der Waals surface area contributed by atoms with Gasteiger partial charge in [0.1, 0.15) is 5.75 Å². The molecule has 0 saturated carbocycles. The van der Waals surface area contributed by atoms with Gasteiger partial charge in [-0.3, -0.25) is 4.68 Å². The van der Waals surface area contributed by atoms with Crippen LogP contribution in [0, 0.1) is 13.8 Å². The van der Waals surface area contributed by atoms with Crippen LogP contribution in [0.25, 0.3) is 0 Å². The van der Waals surface area contributed by atoms with E-state index in [1.165, 1.54) is 12.1 Å². The standard InChI is InChI=1S/C16H20F2N4O2/c1-9(14-10(2)21-22(4)11(14)3)19-16(23)20-12-7-5-6-8-13(12)24-15(17)18/h5-9,15H,1-4H3,(H2,19,20,23)/t9-/m1/s1. The highest BCUT2D eigenvalue weighted by molar-refractivity contribution is 5.91. The van der Waals surface area contributed by atoms with Crippen molar-refractivity contribution < 1.29 is 18.3 Å². The minimum absolute atomic E-state index is 0.0935. The lowest BCUT2D eigenvalue weighted by atomic mass is 10.1. The van der Waals surface area contributed by atoms with Gasteiger partial charge in [-0.25, -0.2) is 4.79 Å². The maximum atomic E-state index is 12.4. The molecule has 1 atom stereocenters. The summed E-state index contributed by atoms with van der Waals surface area (Å²) in [6.45, 7) is 2.65. The van der Waals surface area contributed by atoms with E-state index in [9.17, 15) is 13.6 Å². The number of aryl methyl sites for hydroxylation is 2. The number of carbonyl (C=O) groups excluding carboxylic acids is 1. The number of nitrogens with one attached hydrogen (secondary N) is 2. The van der Waals surface area contributed by atoms with Crippen molar-refractivity contribution in [2.24, 2.45) is 7.05 Å². The zero-order valence-electron chi connectivity index (χ0n) is 13.9. The molecule has 1 heterocycles. The molecule has 0 bridgehead atoms. The van der Waals surface area contributed by atoms with Crippen molar-refractivity contribution in [3.63, 3.8) is 0 Å². The van der Waals surface area contributed by atoms with Crippen LogP contribution in [0.5, 0.6) is 5.75 Å². The average molecular weight is 338 g/mol. The second-order valence-corrected chi connectivity index (χ2v) is 5.40. The number of aromatic nitrogens is 2. The molecule has 1 aromatic heterocycles. The summed E-state index contributed by atoms with van der Waals surface area (Å²) >= 11 is 0. The topological polar surface area (TPSA) is 68.2 Å². The molecular formula is C16H20F2N4O2. The van der Waals surface area contributed by atoms with E-state index in [-0.39, 0.29) is 17.5 Å². The molecule has 0 spiro atoms. The maximum absolute atomic E-state index is 12.4. The van der Waals surface area contributed by atoms with Crippen LogP contribution in [0.15, 0.2) is 24.3 Å². The van der Waals surface area contributed by atoms with Gasteiger partial charge >= 0.3 is 12.6 Å². The number of amides is 2. The maximum Gasteiger partial charge on any atom is 0.387 e. The number of ether oxygens (including phenoxy) is 1. The first-order valence-corrected chi connectivity index (χ1v) is 7.41. The molecule has 2 N–H and O–H groups in total. The normalized spacial score (nSPS) is 12.1. The summed E-state index contributed by atoms with van der Waals surface area (Å²) in [4.78, 5) is 12.2. The van der Waals surface area contributed by atoms with E-state index in [4.69, 9.17) is 0 Å². The average Bonchev–Trinajstić information content (AvgIpc) is 2.73. The Morgan fingerprint density at radius 2 is 1.96 bits per heavy atom. The summed E-state index contributed by atoms with van der Waals surface area (Å²) in [6.07, 6.45) is 0. The summed E-state index contributed by atoms with van der Waals surface area (Å²) in [6, 6.07) is 5.21. The van der Waals surface area contributed by atoms with Gasteiger partial charge in [0.05, 0.1) is 17.4 Å². The molecule has 6 nitrogen and oxygen atoms in total. The van der Waals surface area contributed by atoms with E-state index in [0.29, 0.717) is 0 Å². The zero-order valence-corrected chi connectivity index (χ0v) is 13.9. The van der Waals surface area contributed by atoms with E-state index < -0.39 is 12.6 Å². The lowest BCUT2D eigenvalue weighted by Crippen LogP contribution is -2.31. The quantitative estimate of drug-likeness (QED) is 0.876. The molecule has 1 aromatic carbocycles. The first-order chi connectivity index (χ1) is 11.3. The molecule has 2 aromatic rings. The number of benzene rings is 1. The van der Waals surface area contributed by atoms with Crippen molar-refractivity contribution >= 4 is 11.7 Å². The van der Waals surface area contributed by atoms with Crippen molar-refractivity contribution in [2.45, 2.75) is 33.4 Å². The van der Waals surface area contributed by atoms with Gasteiger partial charge in [0.15, 0.2) is 0 Å². The second-order valence-electron chi connectivity index (χ2n) is 5.40. The van der Waals surface area contributed by atoms with Crippen LogP contribution < -0.4 is 15.4 Å². The van der Waals surface area contributed by atoms with Crippen molar-refractivity contribution in [1.29, 1.82) is 0 Å². The predicted molar refractivity (Wildman–Crippen MR) is 86.3 cm³/mol. The third kappa shape index (κ3) is 4.01. The minimum atomic E-state index is -2.96. The van der Waals surface area contributed by atoms with Crippen molar-refractivity contribution in [3.05, 3.63) is 41.2 Å². The fraction of sp³-hybridized carbons (Fsp3) is 0.375. The van der Waals surface area contributed by atoms with Gasteiger partial charge in [-0.05, 0) is 32.9 Å². The third-order valence-corrected chi connectivity index (χ3v) is 3.70. The number of para-hydroxylation sites is 2. The van der Waals surface area contributed by atoms with E-state index in [0.717, 1.165) is 17.0 Å². The molecule has 0 aliphatic rings. The van der Waals surface area contributed by atoms with Gasteiger partial charge < -0.3 is 15.4 Å². The molecular weight excluding hydrogens is 318 g/mol. The van der Waals surface area contributed by atoms with E-state index >= 15 is 0 Å². The van der Waals surface area contributed by atoms with Crippen LogP contribution in [0.2, 0.25) is 0 Å². The molecule has 8 heteroatoms. The van der Waals surface area contributed by atoms with Crippen LogP contribution in [0.1, 0.15) is 29.9 Å². The number of hydrogen-bond acceptors (Lipinski definition) is 3. The van der Waals surface area contributed by atoms with Crippen LogP contribution in [-0.4, -0.2) is 22.4 Å². The molecule has 2 amide bonds. The highest BCUT2D eigenvalue weighted by Crippen LogP contribution is 2.26. The van der Waals surface area contributed by atoms with Gasteiger partial charge in [-0.15, -0.1) is 0 Å². The molecule has 0 saturated heterocycles. The summed E-state index contributed by atoms with van der Waals surface area (Å²) in [5, 5.41) is 9.61. The number of anilines is 1. The number of urea groups is 1. The Morgan fingerprint density at radius 3 is 2.54 bits per heavy atom. The van der Waals surface area contributed by atoms with Gasteiger partial charge in [0, 0.05) is 18.3 Å². The fourth-order valence-corrected chi connectivity index (χ4v) is 2.61. The smallest absolute Gasteiger partial charge is 0.387 e. The van der Waals surface area contributed by atoms with E-state index in [2.05, 4.69) is 20.5 Å². The van der Waals surface area contributed by atoms with Crippen molar-refractivity contribution in [1.82, 2.24) is 15.1 Å². The first-order valence-electron chi connectivity index (χ1n) is 7.41. The van der Waals surface area contributed by atoms with Crippen molar-refractivity contribution in [3.8, 4) is 5.75 Å². The lowest BCUT2D eigenvalue weighted by Gasteiger charge is -2.17. The minimum Gasteiger partial charge on any atom is -0.433 e. The Bertz CT molecular complexity index is 731. The van der Waals surface area contributed by atoms with Crippen LogP contribution >= 0.6 is 0 Å². The fourth-order valence-electron chi connectivity index (χ4n) is 2.61. The highest BCUT2D eigenvalue weighted by Gasteiger charge is 2.19. The van der Waals surface area contributed by atoms with E-state index in [1.807, 2.05) is 27.8 Å². The zero-order chi connectivity index (χ0) is 17.9. The molecule has 0 fully saturated rings. The Kier molecular flexibility index (Phi) is 5.38. The highest BCUT2D eigenvalue weighted by atomic mass is 19.3. The molecule has 2 rings (SSSR count). The van der Waals surface area contributed by atoms with Gasteiger partial charge in [-0.1, -0.05) is 12.1 Å². The molecule has 130 valence electrons. The largest absolute Gasteiger partial charge is 0.433 e. The Balaban J connectivity index is 2.08. The number of carbonyl (C=O) groups is 1. The summed E-state index contributed by atoms with van der Waals surface area (Å²) in [5.74, 6) is -0.0935. The van der Waals surface area contributed by atoms with Crippen LogP contribution in [0.4, 0.5) is 19.3 Å². The molecule has 24 heavy (non-hydrogen) atoms. The second kappa shape index (κ2) is 7.29. The number of hydrogen-bond donors (Lipinski definition) is 2. The number of halogens is 2. The Morgan fingerprint density at radius 1 is 1.29 bits per heavy atom. The lowest BCUT2D eigenvalue weighted by molar-refractivity contribution is -0.0493. The SMILES string of the molecule is Cc1nn(C)c(C)c1[C@@H](C)NC(=O)Nc1ccccc1OC(F)F. The Hall–Kier alpha value is -2.64. The number of alkyl halides is 2. The summed E-state index contributed by atoms with van der Waals surface area (Å²) < 4.78 is 30.9. The molecule has 0 radical (unpaired) electrons. The van der Waals surface area contributed by atoms with Crippen LogP contribution in [-0.2, 0) is 7.05 Å². The van der Waals surface area contributed by atoms with E-state index in [1.54, 1.807) is 16.8 Å². The number of nitrogens with zero attached hydrogens (tertiary/aromatic N) is 2. The Labute approximate surface area is 138 Å². The number of rotatable bonds is 5. The first kappa shape index (κ1) is 17.7. The summed E-state index contributed by atoms with van der Waals surface area (Å²) in [5.41, 5.74) is 2.86. The summed E-state index contributed by atoms with van der Waals surface area (Å²) in [7, 11) is 1.83. The van der Waals surface area contributed by atoms with Gasteiger partial charge in [0.2, 0.25) is 0 Å².